The van der Waals surface area contributed by atoms with Crippen LogP contribution in [0.5, 0.6) is 0 Å². The molecule has 4 aromatic rings. The van der Waals surface area contributed by atoms with Crippen LogP contribution in [0.3, 0.4) is 0 Å². The van der Waals surface area contributed by atoms with Crippen LogP contribution < -0.4 is 15.5 Å². The van der Waals surface area contributed by atoms with Gasteiger partial charge in [0, 0.05) is 43.3 Å². The summed E-state index contributed by atoms with van der Waals surface area (Å²) in [6, 6.07) is 16.3. The van der Waals surface area contributed by atoms with Crippen molar-refractivity contribution in [2.45, 2.75) is 20.0 Å². The van der Waals surface area contributed by atoms with E-state index in [2.05, 4.69) is 20.7 Å². The van der Waals surface area contributed by atoms with Gasteiger partial charge in [-0.05, 0) is 36.8 Å². The summed E-state index contributed by atoms with van der Waals surface area (Å²) in [5, 5.41) is 10.2. The number of urea groups is 1. The lowest BCUT2D eigenvalue weighted by molar-refractivity contribution is -0.111. The lowest BCUT2D eigenvalue weighted by atomic mass is 10.1. The molecule has 11 heteroatoms. The molecule has 0 radical (unpaired) electrons. The maximum absolute atomic E-state index is 13.9. The van der Waals surface area contributed by atoms with Gasteiger partial charge in [-0.1, -0.05) is 36.4 Å². The average molecular weight is 527 g/mol. The number of anilines is 5. The molecule has 0 saturated carbocycles. The number of rotatable bonds is 8. The van der Waals surface area contributed by atoms with Crippen LogP contribution in [-0.2, 0) is 24.9 Å². The van der Waals surface area contributed by atoms with Gasteiger partial charge in [-0.15, -0.1) is 0 Å². The molecule has 0 unspecified atom stereocenters. The molecule has 10 nitrogen and oxygen atoms in total. The van der Waals surface area contributed by atoms with E-state index >= 15 is 0 Å². The molecule has 0 aliphatic carbocycles. The predicted octanol–water partition coefficient (Wildman–Crippen LogP) is 5.00. The molecule has 3 amide bonds. The van der Waals surface area contributed by atoms with Gasteiger partial charge in [0.05, 0.1) is 23.6 Å². The van der Waals surface area contributed by atoms with Crippen molar-refractivity contribution in [3.05, 3.63) is 96.0 Å². The van der Waals surface area contributed by atoms with Crippen molar-refractivity contribution in [1.29, 1.82) is 0 Å². The van der Waals surface area contributed by atoms with Gasteiger partial charge in [-0.3, -0.25) is 9.48 Å². The average Bonchev–Trinajstić information content (AvgIpc) is 3.24. The highest BCUT2D eigenvalue weighted by Gasteiger charge is 2.33. The standard InChI is InChI=1S/C28H27FN8O2/c1-19-24(18-35(2)34-19)32-27-30-15-21-17-36(16-20-8-4-3-5-9-20)28(39)37(26(21)33-27)23-11-6-10-22(14-23)31-25(38)12-7-13-29/h3-12,14-15,18H,13,16-17H2,1-2H3,(H,31,38)(H,30,32,33)/b12-7+. The van der Waals surface area contributed by atoms with Gasteiger partial charge in [0.15, 0.2) is 5.82 Å². The van der Waals surface area contributed by atoms with Gasteiger partial charge in [0.1, 0.15) is 6.67 Å². The summed E-state index contributed by atoms with van der Waals surface area (Å²) >= 11 is 0. The second-order valence-corrected chi connectivity index (χ2v) is 9.03. The van der Waals surface area contributed by atoms with E-state index in [4.69, 9.17) is 4.98 Å². The van der Waals surface area contributed by atoms with Crippen molar-refractivity contribution < 1.29 is 14.0 Å². The zero-order valence-electron chi connectivity index (χ0n) is 21.5. The summed E-state index contributed by atoms with van der Waals surface area (Å²) in [6.07, 6.45) is 5.79. The van der Waals surface area contributed by atoms with Crippen molar-refractivity contribution >= 4 is 40.8 Å². The van der Waals surface area contributed by atoms with Gasteiger partial charge >= 0.3 is 6.03 Å². The Kier molecular flexibility index (Phi) is 7.30. The van der Waals surface area contributed by atoms with Crippen LogP contribution in [0.1, 0.15) is 16.8 Å². The molecule has 1 aliphatic heterocycles. The highest BCUT2D eigenvalue weighted by molar-refractivity contribution is 6.03. The van der Waals surface area contributed by atoms with Gasteiger partial charge in [0.25, 0.3) is 0 Å². The van der Waals surface area contributed by atoms with E-state index in [0.717, 1.165) is 34.7 Å². The summed E-state index contributed by atoms with van der Waals surface area (Å²) in [4.78, 5) is 38.5. The van der Waals surface area contributed by atoms with Crippen molar-refractivity contribution in [2.24, 2.45) is 7.05 Å². The third-order valence-electron chi connectivity index (χ3n) is 6.08. The van der Waals surface area contributed by atoms with Crippen molar-refractivity contribution in [1.82, 2.24) is 24.6 Å². The fourth-order valence-corrected chi connectivity index (χ4v) is 4.33. The molecule has 5 rings (SSSR count). The van der Waals surface area contributed by atoms with Gasteiger partial charge in [0.2, 0.25) is 11.9 Å². The first-order chi connectivity index (χ1) is 18.9. The van der Waals surface area contributed by atoms with Crippen LogP contribution in [0.2, 0.25) is 0 Å². The van der Waals surface area contributed by atoms with Crippen LogP contribution >= 0.6 is 0 Å². The van der Waals surface area contributed by atoms with Crippen LogP contribution in [-0.4, -0.2) is 43.3 Å². The molecule has 2 aromatic heterocycles. The molecule has 3 heterocycles. The topological polar surface area (TPSA) is 108 Å². The lowest BCUT2D eigenvalue weighted by Gasteiger charge is -2.36. The van der Waals surface area contributed by atoms with Gasteiger partial charge in [-0.2, -0.15) is 10.1 Å². The zero-order chi connectivity index (χ0) is 27.4. The summed E-state index contributed by atoms with van der Waals surface area (Å²) in [5.41, 5.74) is 4.25. The van der Waals surface area contributed by atoms with Crippen LogP contribution in [0, 0.1) is 6.92 Å². The molecule has 0 bridgehead atoms. The number of allylic oxidation sites excluding steroid dienone is 1. The van der Waals surface area contributed by atoms with Crippen LogP contribution in [0.25, 0.3) is 0 Å². The smallest absolute Gasteiger partial charge is 0.322 e. The largest absolute Gasteiger partial charge is 0.330 e. The molecule has 2 aromatic carbocycles. The van der Waals surface area contributed by atoms with Gasteiger partial charge < -0.3 is 15.5 Å². The number of aryl methyl sites for hydroxylation is 2. The first-order valence-electron chi connectivity index (χ1n) is 12.3. The number of aromatic nitrogens is 4. The second-order valence-electron chi connectivity index (χ2n) is 9.03. The Labute approximate surface area is 224 Å². The first kappa shape index (κ1) is 25.6. The number of carbonyl (C=O) groups excluding carboxylic acids is 2. The summed E-state index contributed by atoms with van der Waals surface area (Å²) in [5.74, 6) is 0.283. The SMILES string of the molecule is Cc1nn(C)cc1Nc1ncc2c(n1)N(c1cccc(NC(=O)/C=C/CF)c1)C(=O)N(Cc1ccccc1)C2. The van der Waals surface area contributed by atoms with Gasteiger partial charge in [-0.25, -0.2) is 19.1 Å². The molecule has 2 N–H and O–H groups in total. The third-order valence-corrected chi connectivity index (χ3v) is 6.08. The number of benzene rings is 2. The van der Waals surface area contributed by atoms with Crippen molar-refractivity contribution in [2.75, 3.05) is 22.2 Å². The fourth-order valence-electron chi connectivity index (χ4n) is 4.33. The number of nitrogens with one attached hydrogen (secondary N) is 2. The van der Waals surface area contributed by atoms with E-state index < -0.39 is 12.6 Å². The number of fused-ring (bicyclic) bond motifs is 1. The van der Waals surface area contributed by atoms with Crippen molar-refractivity contribution in [3.8, 4) is 0 Å². The molecular formula is C28H27FN8O2. The minimum Gasteiger partial charge on any atom is -0.322 e. The highest BCUT2D eigenvalue weighted by atomic mass is 19.1. The quantitative estimate of drug-likeness (QED) is 0.313. The number of hydrogen-bond donors (Lipinski definition) is 2. The molecule has 0 saturated heterocycles. The number of halogens is 1. The molecule has 39 heavy (non-hydrogen) atoms. The van der Waals surface area contributed by atoms with Crippen LogP contribution in [0.4, 0.5) is 38.0 Å². The third kappa shape index (κ3) is 5.77. The zero-order valence-corrected chi connectivity index (χ0v) is 21.5. The second kappa shape index (κ2) is 11.1. The minimum absolute atomic E-state index is 0.269. The number of nitrogens with zero attached hydrogens (tertiary/aromatic N) is 6. The predicted molar refractivity (Wildman–Crippen MR) is 147 cm³/mol. The molecule has 1 aliphatic rings. The summed E-state index contributed by atoms with van der Waals surface area (Å²) in [6.45, 7) is 1.87. The van der Waals surface area contributed by atoms with E-state index in [9.17, 15) is 14.0 Å². The maximum atomic E-state index is 13.9. The highest BCUT2D eigenvalue weighted by Crippen LogP contribution is 2.36. The monoisotopic (exact) mass is 526 g/mol. The minimum atomic E-state index is -0.738. The Morgan fingerprint density at radius 1 is 1.15 bits per heavy atom. The number of hydrogen-bond acceptors (Lipinski definition) is 6. The Balaban J connectivity index is 1.52. The molecular weight excluding hydrogens is 499 g/mol. The number of amides is 3. The molecule has 0 spiro atoms. The number of carbonyl (C=O) groups is 2. The number of alkyl halides is 1. The molecule has 0 fully saturated rings. The normalized spacial score (nSPS) is 13.1. The Morgan fingerprint density at radius 3 is 2.72 bits per heavy atom. The van der Waals surface area contributed by atoms with E-state index in [0.29, 0.717) is 36.2 Å². The Morgan fingerprint density at radius 2 is 1.97 bits per heavy atom. The Bertz CT molecular complexity index is 1540. The summed E-state index contributed by atoms with van der Waals surface area (Å²) < 4.78 is 14.1. The van der Waals surface area contributed by atoms with Crippen molar-refractivity contribution in [3.63, 3.8) is 0 Å². The van der Waals surface area contributed by atoms with E-state index in [1.165, 1.54) is 4.90 Å². The molecule has 0 atom stereocenters. The van der Waals surface area contributed by atoms with E-state index in [1.54, 1.807) is 40.0 Å². The van der Waals surface area contributed by atoms with Crippen LogP contribution in [0.15, 0.2) is 79.1 Å². The maximum Gasteiger partial charge on any atom is 0.330 e. The lowest BCUT2D eigenvalue weighted by Crippen LogP contribution is -2.45. The Hall–Kier alpha value is -5.06. The molecule has 198 valence electrons. The van der Waals surface area contributed by atoms with E-state index in [1.807, 2.05) is 50.5 Å². The fraction of sp³-hybridized carbons (Fsp3) is 0.179. The van der Waals surface area contributed by atoms with E-state index in [-0.39, 0.29) is 6.03 Å². The first-order valence-corrected chi connectivity index (χ1v) is 12.3. The summed E-state index contributed by atoms with van der Waals surface area (Å²) in [7, 11) is 1.83.